The Morgan fingerprint density at radius 1 is 1.15 bits per heavy atom. The third-order valence-electron chi connectivity index (χ3n) is 3.52. The van der Waals surface area contributed by atoms with Crippen LogP contribution in [0.15, 0.2) is 0 Å². The second kappa shape index (κ2) is 6.15. The Labute approximate surface area is 116 Å². The SMILES string of the molecule is CO[C@@H]1[C@H](ON2C(=O)CCC2=O)O[C@@H](C)[C@H](O)[C@H]1OC. The molecule has 1 N–H and O–H groups in total. The molecule has 8 heteroatoms. The van der Waals surface area contributed by atoms with Crippen LogP contribution in [0.2, 0.25) is 0 Å². The molecule has 0 bridgehead atoms. The zero-order valence-electron chi connectivity index (χ0n) is 11.6. The lowest BCUT2D eigenvalue weighted by molar-refractivity contribution is -0.344. The number of aliphatic hydroxyl groups excluding tert-OH is 1. The van der Waals surface area contributed by atoms with Crippen molar-refractivity contribution in [3.8, 4) is 0 Å². The van der Waals surface area contributed by atoms with Gasteiger partial charge in [0.05, 0.1) is 6.10 Å². The van der Waals surface area contributed by atoms with Gasteiger partial charge in [0.2, 0.25) is 6.29 Å². The molecule has 2 heterocycles. The Morgan fingerprint density at radius 3 is 2.20 bits per heavy atom. The smallest absolute Gasteiger partial charge is 0.254 e. The summed E-state index contributed by atoms with van der Waals surface area (Å²) in [4.78, 5) is 28.4. The highest BCUT2D eigenvalue weighted by atomic mass is 16.8. The molecule has 8 nitrogen and oxygen atoms in total. The first-order valence-corrected chi connectivity index (χ1v) is 6.41. The standard InChI is InChI=1S/C12H19NO7/c1-6-9(16)10(17-2)11(18-3)12(19-6)20-13-7(14)4-5-8(13)15/h6,9-12,16H,4-5H2,1-3H3/t6-,9-,10+,11-,12-/m0/s1. The summed E-state index contributed by atoms with van der Waals surface area (Å²) in [5.74, 6) is -0.831. The fourth-order valence-corrected chi connectivity index (χ4v) is 2.37. The third kappa shape index (κ3) is 2.70. The minimum atomic E-state index is -1.01. The van der Waals surface area contributed by atoms with Gasteiger partial charge in [0.25, 0.3) is 11.8 Å². The number of imide groups is 1. The number of carbonyl (C=O) groups is 2. The van der Waals surface area contributed by atoms with Crippen molar-refractivity contribution in [2.45, 2.75) is 50.5 Å². The average Bonchev–Trinajstić information content (AvgIpc) is 2.74. The molecule has 0 radical (unpaired) electrons. The number of amides is 2. The van der Waals surface area contributed by atoms with Gasteiger partial charge in [-0.25, -0.2) is 4.84 Å². The molecule has 0 saturated carbocycles. The molecule has 2 amide bonds. The van der Waals surface area contributed by atoms with E-state index in [1.807, 2.05) is 0 Å². The fourth-order valence-electron chi connectivity index (χ4n) is 2.37. The van der Waals surface area contributed by atoms with E-state index in [1.165, 1.54) is 14.2 Å². The van der Waals surface area contributed by atoms with Crippen LogP contribution in [0.4, 0.5) is 0 Å². The predicted molar refractivity (Wildman–Crippen MR) is 64.1 cm³/mol. The van der Waals surface area contributed by atoms with Crippen molar-refractivity contribution in [3.05, 3.63) is 0 Å². The predicted octanol–water partition coefficient (Wildman–Crippen LogP) is -0.797. The summed E-state index contributed by atoms with van der Waals surface area (Å²) < 4.78 is 15.9. The number of carbonyl (C=O) groups excluding carboxylic acids is 2. The molecule has 114 valence electrons. The first kappa shape index (κ1) is 15.3. The van der Waals surface area contributed by atoms with Crippen LogP contribution in [0.3, 0.4) is 0 Å². The number of rotatable bonds is 4. The van der Waals surface area contributed by atoms with Crippen molar-refractivity contribution in [2.75, 3.05) is 14.2 Å². The van der Waals surface area contributed by atoms with Crippen molar-refractivity contribution in [2.24, 2.45) is 0 Å². The van der Waals surface area contributed by atoms with E-state index in [4.69, 9.17) is 19.0 Å². The van der Waals surface area contributed by atoms with Gasteiger partial charge < -0.3 is 19.3 Å². The molecule has 2 fully saturated rings. The molecule has 2 aliphatic rings. The van der Waals surface area contributed by atoms with Crippen LogP contribution < -0.4 is 0 Å². The van der Waals surface area contributed by atoms with E-state index >= 15 is 0 Å². The summed E-state index contributed by atoms with van der Waals surface area (Å²) in [6.07, 6.45) is -3.67. The molecule has 0 aromatic heterocycles. The highest BCUT2D eigenvalue weighted by Gasteiger charge is 2.47. The Balaban J connectivity index is 2.12. The number of ether oxygens (including phenoxy) is 3. The highest BCUT2D eigenvalue weighted by Crippen LogP contribution is 2.27. The zero-order chi connectivity index (χ0) is 14.9. The van der Waals surface area contributed by atoms with Gasteiger partial charge >= 0.3 is 0 Å². The summed E-state index contributed by atoms with van der Waals surface area (Å²) in [5, 5.41) is 10.7. The normalized spacial score (nSPS) is 38.6. The molecule has 0 aromatic rings. The molecular formula is C12H19NO7. The number of aliphatic hydroxyl groups is 1. The minimum absolute atomic E-state index is 0.120. The van der Waals surface area contributed by atoms with E-state index in [9.17, 15) is 14.7 Å². The van der Waals surface area contributed by atoms with E-state index in [0.29, 0.717) is 5.06 Å². The second-order valence-corrected chi connectivity index (χ2v) is 4.79. The molecule has 2 saturated heterocycles. The number of methoxy groups -OCH3 is 2. The molecule has 5 atom stereocenters. The minimum Gasteiger partial charge on any atom is -0.388 e. The van der Waals surface area contributed by atoms with Crippen LogP contribution in [0.25, 0.3) is 0 Å². The second-order valence-electron chi connectivity index (χ2n) is 4.79. The van der Waals surface area contributed by atoms with Crippen LogP contribution in [-0.4, -0.2) is 66.9 Å². The number of hydrogen-bond donors (Lipinski definition) is 1. The lowest BCUT2D eigenvalue weighted by Gasteiger charge is -2.42. The van der Waals surface area contributed by atoms with E-state index in [0.717, 1.165) is 0 Å². The van der Waals surface area contributed by atoms with Crippen molar-refractivity contribution < 1.29 is 33.7 Å². The van der Waals surface area contributed by atoms with Gasteiger partial charge in [-0.3, -0.25) is 9.59 Å². The van der Waals surface area contributed by atoms with E-state index < -0.39 is 42.5 Å². The van der Waals surface area contributed by atoms with Gasteiger partial charge in [0.1, 0.15) is 18.3 Å². The summed E-state index contributed by atoms with van der Waals surface area (Å²) in [5.41, 5.74) is 0. The number of hydroxylamine groups is 2. The molecule has 0 unspecified atom stereocenters. The Morgan fingerprint density at radius 2 is 1.70 bits per heavy atom. The molecule has 0 spiro atoms. The lowest BCUT2D eigenvalue weighted by Crippen LogP contribution is -2.60. The van der Waals surface area contributed by atoms with E-state index in [-0.39, 0.29) is 12.8 Å². The van der Waals surface area contributed by atoms with Gasteiger partial charge in [-0.05, 0) is 6.92 Å². The van der Waals surface area contributed by atoms with Crippen molar-refractivity contribution in [3.63, 3.8) is 0 Å². The maximum atomic E-state index is 11.6. The molecule has 0 aromatic carbocycles. The van der Waals surface area contributed by atoms with Crippen molar-refractivity contribution >= 4 is 11.8 Å². The topological polar surface area (TPSA) is 94.5 Å². The van der Waals surface area contributed by atoms with Crippen LogP contribution in [0.5, 0.6) is 0 Å². The summed E-state index contributed by atoms with van der Waals surface area (Å²) >= 11 is 0. The highest BCUT2D eigenvalue weighted by molar-refractivity contribution is 6.00. The molecular weight excluding hydrogens is 270 g/mol. The van der Waals surface area contributed by atoms with Gasteiger partial charge in [-0.1, -0.05) is 0 Å². The van der Waals surface area contributed by atoms with Crippen molar-refractivity contribution in [1.29, 1.82) is 0 Å². The van der Waals surface area contributed by atoms with Crippen LogP contribution >= 0.6 is 0 Å². The summed E-state index contributed by atoms with van der Waals surface area (Å²) in [7, 11) is 2.84. The number of nitrogens with zero attached hydrogens (tertiary/aromatic N) is 1. The fraction of sp³-hybridized carbons (Fsp3) is 0.833. The average molecular weight is 289 g/mol. The molecule has 2 aliphatic heterocycles. The maximum absolute atomic E-state index is 11.6. The third-order valence-corrected chi connectivity index (χ3v) is 3.52. The first-order chi connectivity index (χ1) is 9.49. The molecule has 20 heavy (non-hydrogen) atoms. The zero-order valence-corrected chi connectivity index (χ0v) is 11.6. The van der Waals surface area contributed by atoms with Gasteiger partial charge in [0.15, 0.2) is 0 Å². The Bertz CT molecular complexity index is 372. The van der Waals surface area contributed by atoms with Gasteiger partial charge in [0, 0.05) is 27.1 Å². The van der Waals surface area contributed by atoms with Crippen LogP contribution in [0.1, 0.15) is 19.8 Å². The van der Waals surface area contributed by atoms with Crippen molar-refractivity contribution in [1.82, 2.24) is 5.06 Å². The Kier molecular flexibility index (Phi) is 4.71. The largest absolute Gasteiger partial charge is 0.388 e. The van der Waals surface area contributed by atoms with Crippen LogP contribution in [-0.2, 0) is 28.6 Å². The summed E-state index contributed by atoms with van der Waals surface area (Å²) in [6.45, 7) is 1.65. The van der Waals surface area contributed by atoms with Gasteiger partial charge in [-0.2, -0.15) is 5.06 Å². The quantitative estimate of drug-likeness (QED) is 0.677. The Hall–Kier alpha value is -1.06. The maximum Gasteiger partial charge on any atom is 0.254 e. The number of hydrogen-bond acceptors (Lipinski definition) is 7. The van der Waals surface area contributed by atoms with Crippen LogP contribution in [0, 0.1) is 0 Å². The molecule has 0 aliphatic carbocycles. The van der Waals surface area contributed by atoms with E-state index in [2.05, 4.69) is 0 Å². The lowest BCUT2D eigenvalue weighted by atomic mass is 9.99. The van der Waals surface area contributed by atoms with Gasteiger partial charge in [-0.15, -0.1) is 0 Å². The van der Waals surface area contributed by atoms with E-state index in [1.54, 1.807) is 6.92 Å². The summed E-state index contributed by atoms with van der Waals surface area (Å²) in [6, 6.07) is 0. The monoisotopic (exact) mass is 289 g/mol. The first-order valence-electron chi connectivity index (χ1n) is 6.41. The molecule has 2 rings (SSSR count).